The highest BCUT2D eigenvalue weighted by molar-refractivity contribution is 5.69. The normalized spacial score (nSPS) is 10.1. The molecule has 3 nitrogen and oxygen atoms in total. The van der Waals surface area contributed by atoms with E-state index in [4.69, 9.17) is 5.73 Å². The van der Waals surface area contributed by atoms with Crippen LogP contribution in [-0.4, -0.2) is 9.97 Å². The number of aromatic nitrogens is 2. The first-order chi connectivity index (χ1) is 6.79. The molecule has 0 aliphatic rings. The van der Waals surface area contributed by atoms with Crippen LogP contribution in [-0.2, 0) is 0 Å². The molecule has 1 aromatic heterocycles. The lowest BCUT2D eigenvalue weighted by atomic mass is 10.0. The minimum atomic E-state index is 0.785. The van der Waals surface area contributed by atoms with Crippen LogP contribution in [0.15, 0.2) is 36.8 Å². The molecule has 1 aromatic carbocycles. The Morgan fingerprint density at radius 3 is 2.79 bits per heavy atom. The Morgan fingerprint density at radius 2 is 2.07 bits per heavy atom. The highest BCUT2D eigenvalue weighted by Gasteiger charge is 2.04. The zero-order chi connectivity index (χ0) is 9.97. The van der Waals surface area contributed by atoms with Gasteiger partial charge in [0.05, 0.1) is 11.9 Å². The summed E-state index contributed by atoms with van der Waals surface area (Å²) in [6, 6.07) is 5.80. The quantitative estimate of drug-likeness (QED) is 0.691. The molecule has 1 heterocycles. The van der Waals surface area contributed by atoms with Crippen LogP contribution >= 0.6 is 0 Å². The third-order valence-electron chi connectivity index (χ3n) is 2.21. The van der Waals surface area contributed by atoms with E-state index in [1.54, 1.807) is 18.6 Å². The molecule has 0 saturated heterocycles. The fourth-order valence-electron chi connectivity index (χ4n) is 1.37. The molecular formula is C11H11N3. The predicted molar refractivity (Wildman–Crippen MR) is 56.6 cm³/mol. The first kappa shape index (κ1) is 8.69. The molecule has 0 atom stereocenters. The van der Waals surface area contributed by atoms with Crippen LogP contribution in [0, 0.1) is 6.92 Å². The Bertz CT molecular complexity index is 438. The van der Waals surface area contributed by atoms with Crippen molar-refractivity contribution in [3.63, 3.8) is 0 Å². The van der Waals surface area contributed by atoms with Crippen LogP contribution in [0.2, 0.25) is 0 Å². The highest BCUT2D eigenvalue weighted by atomic mass is 14.8. The van der Waals surface area contributed by atoms with E-state index in [-0.39, 0.29) is 0 Å². The van der Waals surface area contributed by atoms with Crippen molar-refractivity contribution in [3.8, 4) is 11.3 Å². The summed E-state index contributed by atoms with van der Waals surface area (Å²) < 4.78 is 0. The van der Waals surface area contributed by atoms with Crippen LogP contribution in [0.4, 0.5) is 5.69 Å². The van der Waals surface area contributed by atoms with Gasteiger partial charge in [-0.3, -0.25) is 9.97 Å². The summed E-state index contributed by atoms with van der Waals surface area (Å²) in [5.74, 6) is 0. The molecule has 14 heavy (non-hydrogen) atoms. The standard InChI is InChI=1S/C11H11N3/c1-8-9(3-2-4-10(8)12)11-7-13-5-6-14-11/h2-7H,12H2,1H3. The van der Waals surface area contributed by atoms with Crippen molar-refractivity contribution in [3.05, 3.63) is 42.4 Å². The lowest BCUT2D eigenvalue weighted by Gasteiger charge is -2.06. The van der Waals surface area contributed by atoms with Crippen molar-refractivity contribution in [2.75, 3.05) is 5.73 Å². The van der Waals surface area contributed by atoms with Crippen molar-refractivity contribution >= 4 is 5.69 Å². The summed E-state index contributed by atoms with van der Waals surface area (Å²) >= 11 is 0. The summed E-state index contributed by atoms with van der Waals surface area (Å²) in [4.78, 5) is 8.26. The van der Waals surface area contributed by atoms with Gasteiger partial charge in [-0.25, -0.2) is 0 Å². The number of hydrogen-bond acceptors (Lipinski definition) is 3. The second-order valence-corrected chi connectivity index (χ2v) is 3.11. The molecule has 0 radical (unpaired) electrons. The molecule has 0 fully saturated rings. The molecule has 70 valence electrons. The number of benzene rings is 1. The van der Waals surface area contributed by atoms with E-state index in [0.717, 1.165) is 22.5 Å². The Balaban J connectivity index is 2.58. The first-order valence-corrected chi connectivity index (χ1v) is 4.40. The van der Waals surface area contributed by atoms with Gasteiger partial charge >= 0.3 is 0 Å². The summed E-state index contributed by atoms with van der Waals surface area (Å²) in [6.45, 7) is 1.99. The Morgan fingerprint density at radius 1 is 1.21 bits per heavy atom. The van der Waals surface area contributed by atoms with Crippen LogP contribution in [0.3, 0.4) is 0 Å². The molecule has 2 N–H and O–H groups in total. The number of anilines is 1. The number of nitrogens with two attached hydrogens (primary N) is 1. The van der Waals surface area contributed by atoms with E-state index in [2.05, 4.69) is 9.97 Å². The third kappa shape index (κ3) is 1.44. The van der Waals surface area contributed by atoms with E-state index in [9.17, 15) is 0 Å². The average Bonchev–Trinajstić information content (AvgIpc) is 2.23. The second-order valence-electron chi connectivity index (χ2n) is 3.11. The van der Waals surface area contributed by atoms with Gasteiger partial charge < -0.3 is 5.73 Å². The molecule has 0 amide bonds. The maximum Gasteiger partial charge on any atom is 0.0888 e. The van der Waals surface area contributed by atoms with Gasteiger partial charge in [0.15, 0.2) is 0 Å². The SMILES string of the molecule is Cc1c(N)cccc1-c1cnccn1. The third-order valence-corrected chi connectivity index (χ3v) is 2.21. The fourth-order valence-corrected chi connectivity index (χ4v) is 1.37. The highest BCUT2D eigenvalue weighted by Crippen LogP contribution is 2.24. The molecule has 0 unspecified atom stereocenters. The van der Waals surface area contributed by atoms with E-state index in [0.29, 0.717) is 0 Å². The molecule has 2 rings (SSSR count). The van der Waals surface area contributed by atoms with E-state index >= 15 is 0 Å². The smallest absolute Gasteiger partial charge is 0.0888 e. The number of nitrogens with zero attached hydrogens (tertiary/aromatic N) is 2. The summed E-state index contributed by atoms with van der Waals surface area (Å²) in [7, 11) is 0. The average molecular weight is 185 g/mol. The van der Waals surface area contributed by atoms with Crippen molar-refractivity contribution in [1.82, 2.24) is 9.97 Å². The zero-order valence-electron chi connectivity index (χ0n) is 7.94. The minimum absolute atomic E-state index is 0.785. The maximum atomic E-state index is 5.81. The number of hydrogen-bond donors (Lipinski definition) is 1. The van der Waals surface area contributed by atoms with Crippen LogP contribution in [0.25, 0.3) is 11.3 Å². The van der Waals surface area contributed by atoms with Crippen molar-refractivity contribution in [2.45, 2.75) is 6.92 Å². The van der Waals surface area contributed by atoms with Crippen LogP contribution in [0.1, 0.15) is 5.56 Å². The molecular weight excluding hydrogens is 174 g/mol. The predicted octanol–water partition coefficient (Wildman–Crippen LogP) is 2.03. The summed E-state index contributed by atoms with van der Waals surface area (Å²) in [6.07, 6.45) is 5.07. The van der Waals surface area contributed by atoms with Gasteiger partial charge in [0.2, 0.25) is 0 Å². The molecule has 3 heteroatoms. The van der Waals surface area contributed by atoms with Crippen molar-refractivity contribution in [2.24, 2.45) is 0 Å². The van der Waals surface area contributed by atoms with Crippen molar-refractivity contribution < 1.29 is 0 Å². The molecule has 2 aromatic rings. The molecule has 0 spiro atoms. The molecule has 0 aliphatic carbocycles. The van der Waals surface area contributed by atoms with Gasteiger partial charge in [-0.2, -0.15) is 0 Å². The maximum absolute atomic E-state index is 5.81. The van der Waals surface area contributed by atoms with Gasteiger partial charge in [0.1, 0.15) is 0 Å². The van der Waals surface area contributed by atoms with E-state index < -0.39 is 0 Å². The Labute approximate surface area is 82.6 Å². The van der Waals surface area contributed by atoms with Gasteiger partial charge in [-0.1, -0.05) is 12.1 Å². The topological polar surface area (TPSA) is 51.8 Å². The van der Waals surface area contributed by atoms with Gasteiger partial charge in [-0.15, -0.1) is 0 Å². The van der Waals surface area contributed by atoms with Gasteiger partial charge in [0, 0.05) is 23.6 Å². The van der Waals surface area contributed by atoms with E-state index in [1.807, 2.05) is 25.1 Å². The summed E-state index contributed by atoms with van der Waals surface area (Å²) in [5.41, 5.74) is 9.54. The summed E-state index contributed by atoms with van der Waals surface area (Å²) in [5, 5.41) is 0. The Hall–Kier alpha value is -1.90. The van der Waals surface area contributed by atoms with E-state index in [1.165, 1.54) is 0 Å². The number of rotatable bonds is 1. The van der Waals surface area contributed by atoms with Crippen molar-refractivity contribution in [1.29, 1.82) is 0 Å². The number of nitrogen functional groups attached to an aromatic ring is 1. The van der Waals surface area contributed by atoms with Crippen LogP contribution in [0.5, 0.6) is 0 Å². The Kier molecular flexibility index (Phi) is 2.14. The first-order valence-electron chi connectivity index (χ1n) is 4.40. The molecule has 0 aliphatic heterocycles. The molecule has 0 saturated carbocycles. The van der Waals surface area contributed by atoms with Gasteiger partial charge in [0.25, 0.3) is 0 Å². The second kappa shape index (κ2) is 3.46. The minimum Gasteiger partial charge on any atom is -0.398 e. The molecule has 0 bridgehead atoms. The zero-order valence-corrected chi connectivity index (χ0v) is 7.94. The lowest BCUT2D eigenvalue weighted by Crippen LogP contribution is -1.93. The monoisotopic (exact) mass is 185 g/mol. The van der Waals surface area contributed by atoms with Crippen LogP contribution < -0.4 is 5.73 Å². The lowest BCUT2D eigenvalue weighted by molar-refractivity contribution is 1.20. The van der Waals surface area contributed by atoms with Gasteiger partial charge in [-0.05, 0) is 18.6 Å². The largest absolute Gasteiger partial charge is 0.398 e. The fraction of sp³-hybridized carbons (Fsp3) is 0.0909.